The molecule has 0 spiro atoms. The molecule has 0 unspecified atom stereocenters. The van der Waals surface area contributed by atoms with Gasteiger partial charge in [-0.3, -0.25) is 10.1 Å². The molecular weight excluding hydrogens is 312 g/mol. The van der Waals surface area contributed by atoms with Gasteiger partial charge < -0.3 is 14.8 Å². The summed E-state index contributed by atoms with van der Waals surface area (Å²) in [5, 5.41) is 5.79. The van der Waals surface area contributed by atoms with E-state index in [-0.39, 0.29) is 11.0 Å². The molecule has 0 radical (unpaired) electrons. The molecule has 5 nitrogen and oxygen atoms in total. The van der Waals surface area contributed by atoms with Crippen molar-refractivity contribution in [2.24, 2.45) is 0 Å². The van der Waals surface area contributed by atoms with E-state index in [0.29, 0.717) is 17.9 Å². The third kappa shape index (κ3) is 4.69. The van der Waals surface area contributed by atoms with Crippen molar-refractivity contribution in [3.8, 4) is 11.5 Å². The minimum Gasteiger partial charge on any atom is -0.496 e. The van der Waals surface area contributed by atoms with Crippen molar-refractivity contribution in [3.63, 3.8) is 0 Å². The molecule has 0 heterocycles. The highest BCUT2D eigenvalue weighted by Crippen LogP contribution is 2.17. The molecule has 23 heavy (non-hydrogen) atoms. The molecule has 6 heteroatoms. The van der Waals surface area contributed by atoms with Gasteiger partial charge in [-0.1, -0.05) is 12.1 Å². The predicted octanol–water partition coefficient (Wildman–Crippen LogP) is 3.22. The highest BCUT2D eigenvalue weighted by Gasteiger charge is 2.12. The van der Waals surface area contributed by atoms with Crippen LogP contribution in [0.25, 0.3) is 0 Å². The number of amides is 1. The molecule has 2 N–H and O–H groups in total. The molecular formula is C17H18N2O3S. The minimum atomic E-state index is -0.328. The molecule has 2 rings (SSSR count). The number of ether oxygens (including phenoxy) is 2. The van der Waals surface area contributed by atoms with Crippen LogP contribution in [-0.4, -0.2) is 24.7 Å². The van der Waals surface area contributed by atoms with E-state index in [0.717, 1.165) is 11.4 Å². The van der Waals surface area contributed by atoms with Crippen LogP contribution in [0.4, 0.5) is 5.69 Å². The van der Waals surface area contributed by atoms with Crippen LogP contribution in [0, 0.1) is 0 Å². The average Bonchev–Trinajstić information content (AvgIpc) is 2.56. The number of para-hydroxylation sites is 1. The molecule has 0 aliphatic carbocycles. The summed E-state index contributed by atoms with van der Waals surface area (Å²) >= 11 is 5.16. The van der Waals surface area contributed by atoms with Crippen LogP contribution < -0.4 is 20.1 Å². The van der Waals surface area contributed by atoms with Crippen molar-refractivity contribution in [2.75, 3.05) is 19.0 Å². The van der Waals surface area contributed by atoms with E-state index in [4.69, 9.17) is 21.7 Å². The summed E-state index contributed by atoms with van der Waals surface area (Å²) < 4.78 is 10.5. The summed E-state index contributed by atoms with van der Waals surface area (Å²) in [6, 6.07) is 14.3. The van der Waals surface area contributed by atoms with Crippen LogP contribution in [0.15, 0.2) is 48.5 Å². The monoisotopic (exact) mass is 330 g/mol. The molecule has 2 aromatic rings. The zero-order valence-corrected chi connectivity index (χ0v) is 13.8. The van der Waals surface area contributed by atoms with E-state index in [1.165, 1.54) is 7.11 Å². The van der Waals surface area contributed by atoms with Crippen LogP contribution in [0.1, 0.15) is 17.3 Å². The molecule has 0 atom stereocenters. The maximum Gasteiger partial charge on any atom is 0.261 e. The second-order valence-corrected chi connectivity index (χ2v) is 4.97. The van der Waals surface area contributed by atoms with Gasteiger partial charge in [0.15, 0.2) is 5.11 Å². The topological polar surface area (TPSA) is 59.6 Å². The number of hydrogen-bond donors (Lipinski definition) is 2. The van der Waals surface area contributed by atoms with Crippen molar-refractivity contribution < 1.29 is 14.3 Å². The Bertz CT molecular complexity index is 686. The summed E-state index contributed by atoms with van der Waals surface area (Å²) in [5.74, 6) is 0.946. The Kier molecular flexibility index (Phi) is 5.94. The molecule has 0 bridgehead atoms. The molecule has 0 saturated heterocycles. The number of thiocarbonyl (C=S) groups is 1. The standard InChI is InChI=1S/C17H18N2O3S/c1-3-22-13-10-8-12(9-11-13)18-17(23)19-16(20)14-6-4-5-7-15(14)21-2/h4-11H,3H2,1-2H3,(H2,18,19,20,23). The van der Waals surface area contributed by atoms with Gasteiger partial charge in [0.25, 0.3) is 5.91 Å². The minimum absolute atomic E-state index is 0.213. The van der Waals surface area contributed by atoms with Crippen molar-refractivity contribution in [1.29, 1.82) is 0 Å². The molecule has 0 fully saturated rings. The van der Waals surface area contributed by atoms with E-state index in [9.17, 15) is 4.79 Å². The van der Waals surface area contributed by atoms with Crippen LogP contribution in [0.2, 0.25) is 0 Å². The summed E-state index contributed by atoms with van der Waals surface area (Å²) in [4.78, 5) is 12.2. The van der Waals surface area contributed by atoms with Gasteiger partial charge in [0.2, 0.25) is 0 Å². The number of nitrogens with one attached hydrogen (secondary N) is 2. The Morgan fingerprint density at radius 1 is 1.13 bits per heavy atom. The van der Waals surface area contributed by atoms with Gasteiger partial charge in [-0.25, -0.2) is 0 Å². The van der Waals surface area contributed by atoms with Crippen molar-refractivity contribution in [2.45, 2.75) is 6.92 Å². The number of carbonyl (C=O) groups is 1. The Morgan fingerprint density at radius 2 is 1.83 bits per heavy atom. The number of carbonyl (C=O) groups excluding carboxylic acids is 1. The lowest BCUT2D eigenvalue weighted by atomic mass is 10.2. The van der Waals surface area contributed by atoms with E-state index in [1.807, 2.05) is 31.2 Å². The first kappa shape index (κ1) is 16.8. The normalized spacial score (nSPS) is 9.83. The summed E-state index contributed by atoms with van der Waals surface area (Å²) in [5.41, 5.74) is 1.18. The lowest BCUT2D eigenvalue weighted by Gasteiger charge is -2.12. The smallest absolute Gasteiger partial charge is 0.261 e. The lowest BCUT2D eigenvalue weighted by Crippen LogP contribution is -2.34. The Morgan fingerprint density at radius 3 is 2.48 bits per heavy atom. The quantitative estimate of drug-likeness (QED) is 0.824. The van der Waals surface area contributed by atoms with Crippen LogP contribution in [0.5, 0.6) is 11.5 Å². The van der Waals surface area contributed by atoms with Gasteiger partial charge in [0.05, 0.1) is 19.3 Å². The van der Waals surface area contributed by atoms with Gasteiger partial charge in [-0.15, -0.1) is 0 Å². The number of anilines is 1. The summed E-state index contributed by atoms with van der Waals surface area (Å²) in [6.07, 6.45) is 0. The van der Waals surface area contributed by atoms with Crippen molar-refractivity contribution >= 4 is 28.9 Å². The Balaban J connectivity index is 1.97. The molecule has 1 amide bonds. The molecule has 0 aliphatic heterocycles. The average molecular weight is 330 g/mol. The van der Waals surface area contributed by atoms with Gasteiger partial charge in [-0.05, 0) is 55.5 Å². The Hall–Kier alpha value is -2.60. The fraction of sp³-hybridized carbons (Fsp3) is 0.176. The predicted molar refractivity (Wildman–Crippen MR) is 94.3 cm³/mol. The van der Waals surface area contributed by atoms with Gasteiger partial charge in [0.1, 0.15) is 11.5 Å². The maximum absolute atomic E-state index is 12.2. The van der Waals surface area contributed by atoms with Gasteiger partial charge in [0, 0.05) is 5.69 Å². The van der Waals surface area contributed by atoms with Crippen LogP contribution in [-0.2, 0) is 0 Å². The number of methoxy groups -OCH3 is 1. The molecule has 0 aromatic heterocycles. The number of hydrogen-bond acceptors (Lipinski definition) is 4. The summed E-state index contributed by atoms with van der Waals surface area (Å²) in [6.45, 7) is 2.54. The first-order valence-electron chi connectivity index (χ1n) is 7.12. The maximum atomic E-state index is 12.2. The molecule has 0 saturated carbocycles. The zero-order chi connectivity index (χ0) is 16.7. The lowest BCUT2D eigenvalue weighted by molar-refractivity contribution is 0.0975. The second-order valence-electron chi connectivity index (χ2n) is 4.57. The van der Waals surface area contributed by atoms with Crippen LogP contribution in [0.3, 0.4) is 0 Å². The molecule has 2 aromatic carbocycles. The van der Waals surface area contributed by atoms with Gasteiger partial charge in [-0.2, -0.15) is 0 Å². The highest BCUT2D eigenvalue weighted by molar-refractivity contribution is 7.80. The SMILES string of the molecule is CCOc1ccc(NC(=S)NC(=O)c2ccccc2OC)cc1. The van der Waals surface area contributed by atoms with E-state index >= 15 is 0 Å². The van der Waals surface area contributed by atoms with Crippen LogP contribution >= 0.6 is 12.2 Å². The third-order valence-corrected chi connectivity index (χ3v) is 3.21. The first-order valence-corrected chi connectivity index (χ1v) is 7.53. The van der Waals surface area contributed by atoms with Crippen molar-refractivity contribution in [1.82, 2.24) is 5.32 Å². The van der Waals surface area contributed by atoms with E-state index < -0.39 is 0 Å². The first-order chi connectivity index (χ1) is 11.1. The number of benzene rings is 2. The molecule has 0 aliphatic rings. The zero-order valence-electron chi connectivity index (χ0n) is 13.0. The summed E-state index contributed by atoms with van der Waals surface area (Å²) in [7, 11) is 1.52. The fourth-order valence-corrected chi connectivity index (χ4v) is 2.18. The largest absolute Gasteiger partial charge is 0.496 e. The van der Waals surface area contributed by atoms with E-state index in [2.05, 4.69) is 10.6 Å². The van der Waals surface area contributed by atoms with E-state index in [1.54, 1.807) is 24.3 Å². The fourth-order valence-electron chi connectivity index (χ4n) is 1.97. The molecule has 120 valence electrons. The Labute approximate surface area is 140 Å². The second kappa shape index (κ2) is 8.14. The van der Waals surface area contributed by atoms with Gasteiger partial charge >= 0.3 is 0 Å². The highest BCUT2D eigenvalue weighted by atomic mass is 32.1. The third-order valence-electron chi connectivity index (χ3n) is 3.00. The number of rotatable bonds is 5. The van der Waals surface area contributed by atoms with Crippen molar-refractivity contribution in [3.05, 3.63) is 54.1 Å².